The van der Waals surface area contributed by atoms with E-state index in [2.05, 4.69) is 52.4 Å². The molecule has 1 aliphatic rings. The third kappa shape index (κ3) is 3.86. The monoisotopic (exact) mass is 337 g/mol. The molecule has 1 atom stereocenters. The molecule has 110 valence electrons. The first kappa shape index (κ1) is 15.6. The maximum atomic E-state index is 5.58. The van der Waals surface area contributed by atoms with E-state index in [1.165, 1.54) is 43.2 Å². The predicted molar refractivity (Wildman–Crippen MR) is 88.3 cm³/mol. The van der Waals surface area contributed by atoms with Gasteiger partial charge in [-0.1, -0.05) is 47.0 Å². The summed E-state index contributed by atoms with van der Waals surface area (Å²) in [6, 6.07) is 6.60. The molecular formula is C17H24BrNO. The average molecular weight is 338 g/mol. The van der Waals surface area contributed by atoms with E-state index in [9.17, 15) is 0 Å². The maximum Gasteiger partial charge on any atom is 0.125 e. The van der Waals surface area contributed by atoms with Gasteiger partial charge in [0, 0.05) is 10.0 Å². The molecular weight excluding hydrogens is 314 g/mol. The summed E-state index contributed by atoms with van der Waals surface area (Å²) in [4.78, 5) is 0. The highest BCUT2D eigenvalue weighted by Crippen LogP contribution is 2.35. The first-order valence-electron chi connectivity index (χ1n) is 7.52. The van der Waals surface area contributed by atoms with Crippen molar-refractivity contribution in [2.24, 2.45) is 0 Å². The zero-order chi connectivity index (χ0) is 14.4. The molecule has 0 saturated heterocycles. The standard InChI is InChI=1S/C17H24BrNO/c1-3-19-17(13-8-6-4-5-7-9-13)15-11-10-14(18)12-16(15)20-2/h8,10-12,17,19H,3-7,9H2,1-2H3. The molecule has 1 aromatic rings. The number of hydrogen-bond acceptors (Lipinski definition) is 2. The van der Waals surface area contributed by atoms with E-state index in [-0.39, 0.29) is 6.04 Å². The summed E-state index contributed by atoms with van der Waals surface area (Å²) in [7, 11) is 1.75. The number of hydrogen-bond donors (Lipinski definition) is 1. The van der Waals surface area contributed by atoms with Crippen molar-refractivity contribution in [1.29, 1.82) is 0 Å². The summed E-state index contributed by atoms with van der Waals surface area (Å²) < 4.78 is 6.64. The molecule has 2 nitrogen and oxygen atoms in total. The van der Waals surface area contributed by atoms with Crippen molar-refractivity contribution >= 4 is 15.9 Å². The molecule has 0 saturated carbocycles. The summed E-state index contributed by atoms with van der Waals surface area (Å²) in [5.74, 6) is 0.954. The number of rotatable bonds is 5. The number of nitrogens with one attached hydrogen (secondary N) is 1. The first-order chi connectivity index (χ1) is 9.76. The Labute approximate surface area is 130 Å². The molecule has 3 heteroatoms. The number of allylic oxidation sites excluding steroid dienone is 1. The molecule has 1 aromatic carbocycles. The Morgan fingerprint density at radius 1 is 1.30 bits per heavy atom. The Bertz CT molecular complexity index is 470. The number of benzene rings is 1. The van der Waals surface area contributed by atoms with E-state index < -0.39 is 0 Å². The normalized spacial score (nSPS) is 17.2. The molecule has 0 spiro atoms. The van der Waals surface area contributed by atoms with E-state index in [0.29, 0.717) is 0 Å². The van der Waals surface area contributed by atoms with Crippen molar-refractivity contribution in [2.75, 3.05) is 13.7 Å². The second kappa shape index (κ2) is 7.84. The zero-order valence-corrected chi connectivity index (χ0v) is 14.0. The number of likely N-dealkylation sites (N-methyl/N-ethyl adjacent to an activating group) is 1. The van der Waals surface area contributed by atoms with Gasteiger partial charge in [0.05, 0.1) is 13.2 Å². The van der Waals surface area contributed by atoms with Gasteiger partial charge in [0.15, 0.2) is 0 Å². The smallest absolute Gasteiger partial charge is 0.125 e. The summed E-state index contributed by atoms with van der Waals surface area (Å²) in [5, 5.41) is 3.63. The van der Waals surface area contributed by atoms with Crippen LogP contribution in [0, 0.1) is 0 Å². The highest BCUT2D eigenvalue weighted by atomic mass is 79.9. The van der Waals surface area contributed by atoms with Gasteiger partial charge in [-0.15, -0.1) is 0 Å². The molecule has 2 rings (SSSR count). The minimum absolute atomic E-state index is 0.279. The van der Waals surface area contributed by atoms with Crippen LogP contribution >= 0.6 is 15.9 Å². The van der Waals surface area contributed by atoms with Crippen LogP contribution in [0.15, 0.2) is 34.3 Å². The Kier molecular flexibility index (Phi) is 6.11. The lowest BCUT2D eigenvalue weighted by Crippen LogP contribution is -2.23. The summed E-state index contributed by atoms with van der Waals surface area (Å²) in [5.41, 5.74) is 2.76. The summed E-state index contributed by atoms with van der Waals surface area (Å²) in [6.45, 7) is 3.12. The van der Waals surface area contributed by atoms with Crippen molar-refractivity contribution in [1.82, 2.24) is 5.32 Å². The van der Waals surface area contributed by atoms with Gasteiger partial charge >= 0.3 is 0 Å². The summed E-state index contributed by atoms with van der Waals surface area (Å²) in [6.07, 6.45) is 8.79. The van der Waals surface area contributed by atoms with E-state index in [1.807, 2.05) is 0 Å². The van der Waals surface area contributed by atoms with Crippen LogP contribution in [0.3, 0.4) is 0 Å². The van der Waals surface area contributed by atoms with Gasteiger partial charge in [0.2, 0.25) is 0 Å². The molecule has 0 aliphatic heterocycles. The molecule has 0 aromatic heterocycles. The van der Waals surface area contributed by atoms with Crippen LogP contribution in [0.5, 0.6) is 5.75 Å². The van der Waals surface area contributed by atoms with E-state index in [0.717, 1.165) is 16.8 Å². The van der Waals surface area contributed by atoms with Crippen LogP contribution in [-0.2, 0) is 0 Å². The van der Waals surface area contributed by atoms with E-state index in [4.69, 9.17) is 4.74 Å². The van der Waals surface area contributed by atoms with Gasteiger partial charge in [-0.25, -0.2) is 0 Å². The van der Waals surface area contributed by atoms with Gasteiger partial charge < -0.3 is 10.1 Å². The second-order valence-electron chi connectivity index (χ2n) is 5.26. The quantitative estimate of drug-likeness (QED) is 0.763. The van der Waals surface area contributed by atoms with Crippen molar-refractivity contribution in [3.8, 4) is 5.75 Å². The predicted octanol–water partition coefficient (Wildman–Crippen LogP) is 5.00. The van der Waals surface area contributed by atoms with Crippen LogP contribution < -0.4 is 10.1 Å². The van der Waals surface area contributed by atoms with Crippen LogP contribution in [0.2, 0.25) is 0 Å². The third-order valence-corrected chi connectivity index (χ3v) is 4.35. The minimum atomic E-state index is 0.279. The van der Waals surface area contributed by atoms with Crippen molar-refractivity contribution in [3.63, 3.8) is 0 Å². The zero-order valence-electron chi connectivity index (χ0n) is 12.4. The molecule has 0 bridgehead atoms. The fourth-order valence-corrected chi connectivity index (χ4v) is 3.21. The largest absolute Gasteiger partial charge is 0.496 e. The number of ether oxygens (including phenoxy) is 1. The Morgan fingerprint density at radius 3 is 2.90 bits per heavy atom. The van der Waals surface area contributed by atoms with Gasteiger partial charge in [-0.3, -0.25) is 0 Å². The number of methoxy groups -OCH3 is 1. The molecule has 0 heterocycles. The minimum Gasteiger partial charge on any atom is -0.496 e. The Balaban J connectivity index is 2.34. The lowest BCUT2D eigenvalue weighted by Gasteiger charge is -2.24. The lowest BCUT2D eigenvalue weighted by molar-refractivity contribution is 0.403. The van der Waals surface area contributed by atoms with Crippen LogP contribution in [0.1, 0.15) is 50.6 Å². The van der Waals surface area contributed by atoms with Gasteiger partial charge in [-0.05, 0) is 44.4 Å². The van der Waals surface area contributed by atoms with Crippen LogP contribution in [0.25, 0.3) is 0 Å². The van der Waals surface area contributed by atoms with E-state index >= 15 is 0 Å². The van der Waals surface area contributed by atoms with Gasteiger partial charge in [0.25, 0.3) is 0 Å². The topological polar surface area (TPSA) is 21.3 Å². The second-order valence-corrected chi connectivity index (χ2v) is 6.17. The average Bonchev–Trinajstić information content (AvgIpc) is 2.74. The van der Waals surface area contributed by atoms with Crippen LogP contribution in [0.4, 0.5) is 0 Å². The fourth-order valence-electron chi connectivity index (χ4n) is 2.87. The lowest BCUT2D eigenvalue weighted by atomic mass is 9.94. The summed E-state index contributed by atoms with van der Waals surface area (Å²) >= 11 is 3.52. The highest BCUT2D eigenvalue weighted by Gasteiger charge is 2.20. The molecule has 1 unspecified atom stereocenters. The third-order valence-electron chi connectivity index (χ3n) is 3.86. The fraction of sp³-hybridized carbons (Fsp3) is 0.529. The van der Waals surface area contributed by atoms with Crippen LogP contribution in [-0.4, -0.2) is 13.7 Å². The highest BCUT2D eigenvalue weighted by molar-refractivity contribution is 9.10. The van der Waals surface area contributed by atoms with Gasteiger partial charge in [0.1, 0.15) is 5.75 Å². The molecule has 20 heavy (non-hydrogen) atoms. The van der Waals surface area contributed by atoms with Crippen molar-refractivity contribution < 1.29 is 4.74 Å². The number of halogens is 1. The van der Waals surface area contributed by atoms with Crippen molar-refractivity contribution in [3.05, 3.63) is 39.9 Å². The Morgan fingerprint density at radius 2 is 2.15 bits per heavy atom. The molecule has 0 amide bonds. The van der Waals surface area contributed by atoms with E-state index in [1.54, 1.807) is 7.11 Å². The molecule has 1 aliphatic carbocycles. The SMILES string of the molecule is CCNC(C1=CCCCCC1)c1ccc(Br)cc1OC. The van der Waals surface area contributed by atoms with Crippen molar-refractivity contribution in [2.45, 2.75) is 45.1 Å². The first-order valence-corrected chi connectivity index (χ1v) is 8.31. The molecule has 1 N–H and O–H groups in total. The maximum absolute atomic E-state index is 5.58. The van der Waals surface area contributed by atoms with Gasteiger partial charge in [-0.2, -0.15) is 0 Å². The molecule has 0 radical (unpaired) electrons. The Hall–Kier alpha value is -0.800. The molecule has 0 fully saturated rings.